The number of nitrogens with two attached hydrogens (primary N) is 1. The van der Waals surface area contributed by atoms with Crippen LogP contribution >= 0.6 is 0 Å². The molecule has 0 amide bonds. The summed E-state index contributed by atoms with van der Waals surface area (Å²) in [6.45, 7) is 4.53. The molecule has 0 spiro atoms. The molecule has 0 radical (unpaired) electrons. The van der Waals surface area contributed by atoms with Gasteiger partial charge in [-0.1, -0.05) is 13.0 Å². The third kappa shape index (κ3) is 1.83. The zero-order valence-electron chi connectivity index (χ0n) is 7.47. The van der Waals surface area contributed by atoms with Crippen molar-refractivity contribution in [3.05, 3.63) is 35.1 Å². The Balaban J connectivity index is 3.04. The van der Waals surface area contributed by atoms with Crippen LogP contribution in [0.4, 0.5) is 4.39 Å². The number of hydrogen-bond donors (Lipinski definition) is 1. The summed E-state index contributed by atoms with van der Waals surface area (Å²) < 4.78 is 12.8. The van der Waals surface area contributed by atoms with E-state index in [1.807, 2.05) is 13.8 Å². The van der Waals surface area contributed by atoms with Crippen LogP contribution in [0.25, 0.3) is 0 Å². The number of halogens is 1. The molecule has 0 aromatic heterocycles. The van der Waals surface area contributed by atoms with Crippen LogP contribution in [0.3, 0.4) is 0 Å². The third-order valence-electron chi connectivity index (χ3n) is 2.13. The highest BCUT2D eigenvalue weighted by molar-refractivity contribution is 5.29. The Hall–Kier alpha value is -0.890. The van der Waals surface area contributed by atoms with Crippen molar-refractivity contribution in [3.8, 4) is 0 Å². The number of benzene rings is 1. The van der Waals surface area contributed by atoms with Gasteiger partial charge in [0.15, 0.2) is 0 Å². The zero-order chi connectivity index (χ0) is 9.14. The van der Waals surface area contributed by atoms with E-state index >= 15 is 0 Å². The van der Waals surface area contributed by atoms with E-state index in [-0.39, 0.29) is 11.7 Å². The topological polar surface area (TPSA) is 26.0 Å². The summed E-state index contributed by atoms with van der Waals surface area (Å²) in [5, 5.41) is 0. The molecule has 12 heavy (non-hydrogen) atoms. The van der Waals surface area contributed by atoms with Crippen LogP contribution in [0.15, 0.2) is 18.2 Å². The first-order valence-electron chi connectivity index (χ1n) is 4.11. The van der Waals surface area contributed by atoms with Crippen LogP contribution < -0.4 is 5.73 Å². The van der Waals surface area contributed by atoms with Gasteiger partial charge < -0.3 is 5.73 Å². The highest BCUT2D eigenvalue weighted by Crippen LogP contribution is 2.19. The van der Waals surface area contributed by atoms with Crippen molar-refractivity contribution in [2.75, 3.05) is 6.54 Å². The molecule has 2 N–H and O–H groups in total. The molecule has 0 fully saturated rings. The van der Waals surface area contributed by atoms with Gasteiger partial charge in [0, 0.05) is 0 Å². The Labute approximate surface area is 72.4 Å². The van der Waals surface area contributed by atoms with E-state index < -0.39 is 0 Å². The summed E-state index contributed by atoms with van der Waals surface area (Å²) in [6.07, 6.45) is 0. The Bertz CT molecular complexity index is 271. The Kier molecular flexibility index (Phi) is 2.82. The van der Waals surface area contributed by atoms with Gasteiger partial charge in [0.05, 0.1) is 0 Å². The lowest BCUT2D eigenvalue weighted by atomic mass is 9.96. The first kappa shape index (κ1) is 9.20. The molecule has 1 unspecified atom stereocenters. The Morgan fingerprint density at radius 1 is 1.50 bits per heavy atom. The molecule has 0 saturated carbocycles. The smallest absolute Gasteiger partial charge is 0.123 e. The molecule has 66 valence electrons. The molecule has 2 heteroatoms. The fraction of sp³-hybridized carbons (Fsp3) is 0.400. The molecule has 0 aliphatic heterocycles. The van der Waals surface area contributed by atoms with Crippen LogP contribution in [-0.2, 0) is 0 Å². The third-order valence-corrected chi connectivity index (χ3v) is 2.13. The fourth-order valence-corrected chi connectivity index (χ4v) is 1.27. The van der Waals surface area contributed by atoms with E-state index in [4.69, 9.17) is 5.73 Å². The summed E-state index contributed by atoms with van der Waals surface area (Å²) in [5.41, 5.74) is 7.62. The summed E-state index contributed by atoms with van der Waals surface area (Å²) in [6, 6.07) is 4.83. The maximum absolute atomic E-state index is 12.8. The molecule has 0 bridgehead atoms. The molecule has 0 heterocycles. The second kappa shape index (κ2) is 3.68. The Morgan fingerprint density at radius 2 is 2.17 bits per heavy atom. The van der Waals surface area contributed by atoms with Crippen LogP contribution in [-0.4, -0.2) is 6.54 Å². The minimum Gasteiger partial charge on any atom is -0.330 e. The van der Waals surface area contributed by atoms with Gasteiger partial charge in [-0.15, -0.1) is 0 Å². The number of rotatable bonds is 2. The summed E-state index contributed by atoms with van der Waals surface area (Å²) in [5.74, 6) is 0.0524. The highest BCUT2D eigenvalue weighted by Gasteiger charge is 2.06. The van der Waals surface area contributed by atoms with Gasteiger partial charge in [-0.05, 0) is 42.6 Å². The van der Waals surface area contributed by atoms with Crippen molar-refractivity contribution in [1.82, 2.24) is 0 Å². The molecule has 0 aliphatic rings. The quantitative estimate of drug-likeness (QED) is 0.718. The minimum atomic E-state index is -0.184. The summed E-state index contributed by atoms with van der Waals surface area (Å²) >= 11 is 0. The molecule has 1 rings (SSSR count). The van der Waals surface area contributed by atoms with Crippen molar-refractivity contribution < 1.29 is 4.39 Å². The average Bonchev–Trinajstić information content (AvgIpc) is 2.08. The molecule has 1 aromatic carbocycles. The first-order valence-corrected chi connectivity index (χ1v) is 4.11. The van der Waals surface area contributed by atoms with Crippen LogP contribution in [0, 0.1) is 12.7 Å². The molecule has 0 aliphatic carbocycles. The van der Waals surface area contributed by atoms with Crippen molar-refractivity contribution in [1.29, 1.82) is 0 Å². The predicted octanol–water partition coefficient (Wildman–Crippen LogP) is 2.20. The van der Waals surface area contributed by atoms with E-state index in [9.17, 15) is 4.39 Å². The second-order valence-electron chi connectivity index (χ2n) is 3.14. The van der Waals surface area contributed by atoms with Crippen molar-refractivity contribution in [2.24, 2.45) is 5.73 Å². The van der Waals surface area contributed by atoms with Gasteiger partial charge >= 0.3 is 0 Å². The number of aryl methyl sites for hydroxylation is 1. The summed E-state index contributed by atoms with van der Waals surface area (Å²) in [4.78, 5) is 0. The monoisotopic (exact) mass is 167 g/mol. The zero-order valence-corrected chi connectivity index (χ0v) is 7.47. The highest BCUT2D eigenvalue weighted by atomic mass is 19.1. The Morgan fingerprint density at radius 3 is 2.75 bits per heavy atom. The van der Waals surface area contributed by atoms with Crippen LogP contribution in [0.5, 0.6) is 0 Å². The van der Waals surface area contributed by atoms with E-state index in [2.05, 4.69) is 0 Å². The molecular formula is C10H14FN. The number of hydrogen-bond acceptors (Lipinski definition) is 1. The molecule has 0 saturated heterocycles. The molecule has 1 aromatic rings. The molecule has 1 nitrogen and oxygen atoms in total. The second-order valence-corrected chi connectivity index (χ2v) is 3.14. The van der Waals surface area contributed by atoms with Crippen molar-refractivity contribution >= 4 is 0 Å². The van der Waals surface area contributed by atoms with Gasteiger partial charge in [0.1, 0.15) is 5.82 Å². The van der Waals surface area contributed by atoms with Crippen LogP contribution in [0.1, 0.15) is 24.0 Å². The van der Waals surface area contributed by atoms with Gasteiger partial charge in [0.25, 0.3) is 0 Å². The van der Waals surface area contributed by atoms with Gasteiger partial charge in [-0.25, -0.2) is 4.39 Å². The lowest BCUT2D eigenvalue weighted by molar-refractivity contribution is 0.620. The van der Waals surface area contributed by atoms with E-state index in [1.165, 1.54) is 6.07 Å². The average molecular weight is 167 g/mol. The maximum atomic E-state index is 12.8. The van der Waals surface area contributed by atoms with E-state index in [0.29, 0.717) is 6.54 Å². The van der Waals surface area contributed by atoms with E-state index in [0.717, 1.165) is 11.1 Å². The standard InChI is InChI=1S/C10H14FN/c1-7-3-4-9(11)5-10(7)8(2)6-12/h3-5,8H,6,12H2,1-2H3. The van der Waals surface area contributed by atoms with Gasteiger partial charge in [0.2, 0.25) is 0 Å². The largest absolute Gasteiger partial charge is 0.330 e. The van der Waals surface area contributed by atoms with Gasteiger partial charge in [-0.3, -0.25) is 0 Å². The lowest BCUT2D eigenvalue weighted by Crippen LogP contribution is -2.10. The van der Waals surface area contributed by atoms with E-state index in [1.54, 1.807) is 12.1 Å². The van der Waals surface area contributed by atoms with Gasteiger partial charge in [-0.2, -0.15) is 0 Å². The fourth-order valence-electron chi connectivity index (χ4n) is 1.27. The SMILES string of the molecule is Cc1ccc(F)cc1C(C)CN. The minimum absolute atomic E-state index is 0.184. The molecule has 1 atom stereocenters. The van der Waals surface area contributed by atoms with Crippen molar-refractivity contribution in [2.45, 2.75) is 19.8 Å². The maximum Gasteiger partial charge on any atom is 0.123 e. The van der Waals surface area contributed by atoms with Crippen LogP contribution in [0.2, 0.25) is 0 Å². The summed E-state index contributed by atoms with van der Waals surface area (Å²) in [7, 11) is 0. The predicted molar refractivity (Wildman–Crippen MR) is 48.6 cm³/mol. The van der Waals surface area contributed by atoms with Crippen molar-refractivity contribution in [3.63, 3.8) is 0 Å². The molecular weight excluding hydrogens is 153 g/mol. The lowest BCUT2D eigenvalue weighted by Gasteiger charge is -2.11. The normalized spacial score (nSPS) is 13.0. The first-order chi connectivity index (χ1) is 5.65.